The Hall–Kier alpha value is -2.08. The zero-order valence-electron chi connectivity index (χ0n) is 14.3. The molecule has 23 heavy (non-hydrogen) atoms. The lowest BCUT2D eigenvalue weighted by Gasteiger charge is -2.22. The van der Waals surface area contributed by atoms with Gasteiger partial charge in [0.05, 0.1) is 6.04 Å². The monoisotopic (exact) mass is 318 g/mol. The first kappa shape index (κ1) is 17.3. The summed E-state index contributed by atoms with van der Waals surface area (Å²) in [5.41, 5.74) is 3.04. The summed E-state index contributed by atoms with van der Waals surface area (Å²) in [6.45, 7) is 4.61. The molecule has 0 aliphatic carbocycles. The summed E-state index contributed by atoms with van der Waals surface area (Å²) >= 11 is 0. The Bertz CT molecular complexity index is 586. The fourth-order valence-electron chi connectivity index (χ4n) is 2.43. The summed E-state index contributed by atoms with van der Waals surface area (Å²) in [7, 11) is 3.97. The number of rotatable bonds is 5. The van der Waals surface area contributed by atoms with Gasteiger partial charge in [0.1, 0.15) is 0 Å². The van der Waals surface area contributed by atoms with Crippen molar-refractivity contribution in [1.82, 2.24) is 15.5 Å². The molecule has 1 aliphatic heterocycles. The second-order valence-corrected chi connectivity index (χ2v) is 6.35. The summed E-state index contributed by atoms with van der Waals surface area (Å²) in [5, 5.41) is 8.70. The summed E-state index contributed by atoms with van der Waals surface area (Å²) in [6.07, 6.45) is 1.26. The molecule has 6 heteroatoms. The summed E-state index contributed by atoms with van der Waals surface area (Å²) in [4.78, 5) is 25.4. The van der Waals surface area contributed by atoms with Crippen LogP contribution in [0.5, 0.6) is 0 Å². The summed E-state index contributed by atoms with van der Waals surface area (Å²) in [6, 6.07) is 5.93. The highest BCUT2D eigenvalue weighted by molar-refractivity contribution is 5.93. The lowest BCUT2D eigenvalue weighted by atomic mass is 9.98. The maximum atomic E-state index is 12.0. The number of anilines is 1. The van der Waals surface area contributed by atoms with E-state index in [1.807, 2.05) is 33.2 Å². The first-order chi connectivity index (χ1) is 10.9. The first-order valence-corrected chi connectivity index (χ1v) is 8.00. The topological polar surface area (TPSA) is 73.5 Å². The molecule has 0 unspecified atom stereocenters. The van der Waals surface area contributed by atoms with E-state index in [9.17, 15) is 9.59 Å². The van der Waals surface area contributed by atoms with E-state index >= 15 is 0 Å². The van der Waals surface area contributed by atoms with Crippen molar-refractivity contribution in [3.05, 3.63) is 29.3 Å². The minimum Gasteiger partial charge on any atom is -0.337 e. The largest absolute Gasteiger partial charge is 0.337 e. The molecule has 0 fully saturated rings. The Balaban J connectivity index is 1.92. The highest BCUT2D eigenvalue weighted by Crippen LogP contribution is 2.26. The van der Waals surface area contributed by atoms with E-state index in [4.69, 9.17) is 0 Å². The fourth-order valence-corrected chi connectivity index (χ4v) is 2.43. The smallest absolute Gasteiger partial charge is 0.315 e. The Labute approximate surface area is 137 Å². The molecule has 3 N–H and O–H groups in total. The third kappa shape index (κ3) is 4.69. The van der Waals surface area contributed by atoms with E-state index in [0.29, 0.717) is 13.0 Å². The van der Waals surface area contributed by atoms with Crippen molar-refractivity contribution in [3.8, 4) is 0 Å². The van der Waals surface area contributed by atoms with Gasteiger partial charge in [0.15, 0.2) is 0 Å². The first-order valence-electron chi connectivity index (χ1n) is 8.00. The van der Waals surface area contributed by atoms with Gasteiger partial charge in [0, 0.05) is 24.7 Å². The molecule has 1 aromatic carbocycles. The molecular formula is C17H26N4O2. The molecule has 2 atom stereocenters. The van der Waals surface area contributed by atoms with Gasteiger partial charge in [0.25, 0.3) is 0 Å². The van der Waals surface area contributed by atoms with Crippen molar-refractivity contribution in [1.29, 1.82) is 0 Å². The minimum absolute atomic E-state index is 0.0609. The van der Waals surface area contributed by atoms with Gasteiger partial charge in [-0.1, -0.05) is 12.1 Å². The molecule has 2 rings (SSSR count). The van der Waals surface area contributed by atoms with Crippen LogP contribution < -0.4 is 16.0 Å². The van der Waals surface area contributed by atoms with Crippen molar-refractivity contribution in [3.63, 3.8) is 0 Å². The quantitative estimate of drug-likeness (QED) is 0.776. The molecule has 0 spiro atoms. The van der Waals surface area contributed by atoms with E-state index in [0.717, 1.165) is 23.2 Å². The van der Waals surface area contributed by atoms with Gasteiger partial charge >= 0.3 is 6.03 Å². The normalized spacial score (nSPS) is 16.3. The number of nitrogens with one attached hydrogen (secondary N) is 3. The van der Waals surface area contributed by atoms with E-state index in [1.54, 1.807) is 0 Å². The van der Waals surface area contributed by atoms with E-state index in [1.165, 1.54) is 0 Å². The number of carbonyl (C=O) groups excluding carboxylic acids is 2. The molecule has 0 saturated carbocycles. The number of nitrogens with zero attached hydrogens (tertiary/aromatic N) is 1. The summed E-state index contributed by atoms with van der Waals surface area (Å²) in [5.74, 6) is 0.0609. The minimum atomic E-state index is -0.169. The molecule has 1 aromatic rings. The van der Waals surface area contributed by atoms with Gasteiger partial charge in [-0.15, -0.1) is 0 Å². The van der Waals surface area contributed by atoms with Crippen LogP contribution in [0, 0.1) is 0 Å². The number of hydrogen-bond acceptors (Lipinski definition) is 3. The molecular weight excluding hydrogens is 292 g/mol. The number of aryl methyl sites for hydroxylation is 1. The van der Waals surface area contributed by atoms with Gasteiger partial charge in [0.2, 0.25) is 5.91 Å². The van der Waals surface area contributed by atoms with Crippen LogP contribution in [-0.2, 0) is 11.2 Å². The Morgan fingerprint density at radius 2 is 2.04 bits per heavy atom. The molecule has 1 heterocycles. The highest BCUT2D eigenvalue weighted by Gasteiger charge is 2.17. The molecule has 1 aliphatic rings. The van der Waals surface area contributed by atoms with Gasteiger partial charge in [-0.05, 0) is 51.6 Å². The number of urea groups is 1. The molecule has 126 valence electrons. The Kier molecular flexibility index (Phi) is 5.60. The van der Waals surface area contributed by atoms with Crippen LogP contribution in [0.25, 0.3) is 0 Å². The van der Waals surface area contributed by atoms with Gasteiger partial charge in [-0.25, -0.2) is 4.79 Å². The zero-order valence-corrected chi connectivity index (χ0v) is 14.3. The fraction of sp³-hybridized carbons (Fsp3) is 0.529. The number of fused-ring (bicyclic) bond motifs is 1. The zero-order chi connectivity index (χ0) is 17.0. The lowest BCUT2D eigenvalue weighted by Crippen LogP contribution is -2.43. The van der Waals surface area contributed by atoms with Crippen LogP contribution in [0.1, 0.15) is 37.4 Å². The molecule has 3 amide bonds. The number of likely N-dealkylation sites (N-methyl/N-ethyl adjacent to an activating group) is 1. The van der Waals surface area contributed by atoms with Crippen LogP contribution in [-0.4, -0.2) is 43.5 Å². The van der Waals surface area contributed by atoms with Gasteiger partial charge < -0.3 is 20.9 Å². The number of hydrogen-bond donors (Lipinski definition) is 3. The number of benzene rings is 1. The van der Waals surface area contributed by atoms with E-state index in [2.05, 4.69) is 33.8 Å². The Morgan fingerprint density at radius 3 is 2.74 bits per heavy atom. The van der Waals surface area contributed by atoms with Crippen LogP contribution in [0.15, 0.2) is 18.2 Å². The van der Waals surface area contributed by atoms with Gasteiger partial charge in [-0.3, -0.25) is 4.79 Å². The molecule has 0 bridgehead atoms. The summed E-state index contributed by atoms with van der Waals surface area (Å²) < 4.78 is 0. The van der Waals surface area contributed by atoms with Gasteiger partial charge in [-0.2, -0.15) is 0 Å². The van der Waals surface area contributed by atoms with Crippen LogP contribution >= 0.6 is 0 Å². The average molecular weight is 318 g/mol. The molecule has 0 radical (unpaired) electrons. The molecule has 0 aromatic heterocycles. The van der Waals surface area contributed by atoms with Crippen molar-refractivity contribution < 1.29 is 9.59 Å². The lowest BCUT2D eigenvalue weighted by molar-refractivity contribution is -0.116. The maximum absolute atomic E-state index is 12.0. The predicted molar refractivity (Wildman–Crippen MR) is 91.5 cm³/mol. The van der Waals surface area contributed by atoms with Crippen LogP contribution in [0.3, 0.4) is 0 Å². The SMILES string of the molecule is C[C@H](NC(=O)NC[C@H](C)N(C)C)c1ccc2c(c1)CCC(=O)N2. The second kappa shape index (κ2) is 7.46. The molecule has 6 nitrogen and oxygen atoms in total. The average Bonchev–Trinajstić information content (AvgIpc) is 2.51. The number of amides is 3. The van der Waals surface area contributed by atoms with Crippen molar-refractivity contribution in [2.24, 2.45) is 0 Å². The number of carbonyl (C=O) groups is 2. The third-order valence-electron chi connectivity index (χ3n) is 4.31. The maximum Gasteiger partial charge on any atom is 0.315 e. The standard InChI is InChI=1S/C17H26N4O2/c1-11(21(3)4)10-18-17(23)19-12(2)13-5-7-15-14(9-13)6-8-16(22)20-15/h5,7,9,11-12H,6,8,10H2,1-4H3,(H,20,22)(H2,18,19,23)/t11-,12-/m0/s1. The third-order valence-corrected chi connectivity index (χ3v) is 4.31. The predicted octanol–water partition coefficient (Wildman–Crippen LogP) is 1.88. The Morgan fingerprint density at radius 1 is 1.30 bits per heavy atom. The van der Waals surface area contributed by atoms with Crippen LogP contribution in [0.2, 0.25) is 0 Å². The van der Waals surface area contributed by atoms with Crippen molar-refractivity contribution in [2.75, 3.05) is 26.0 Å². The van der Waals surface area contributed by atoms with Crippen molar-refractivity contribution >= 4 is 17.6 Å². The second-order valence-electron chi connectivity index (χ2n) is 6.35. The highest BCUT2D eigenvalue weighted by atomic mass is 16.2. The van der Waals surface area contributed by atoms with E-state index in [-0.39, 0.29) is 24.0 Å². The van der Waals surface area contributed by atoms with E-state index < -0.39 is 0 Å². The molecule has 0 saturated heterocycles. The van der Waals surface area contributed by atoms with Crippen molar-refractivity contribution in [2.45, 2.75) is 38.8 Å². The van der Waals surface area contributed by atoms with Crippen LogP contribution in [0.4, 0.5) is 10.5 Å².